The number of amides is 1. The Hall–Kier alpha value is -2.09. The number of pyridine rings is 1. The first-order valence-corrected chi connectivity index (χ1v) is 7.33. The molecule has 0 unspecified atom stereocenters. The van der Waals surface area contributed by atoms with Gasteiger partial charge in [0.15, 0.2) is 0 Å². The second kappa shape index (κ2) is 6.13. The number of nitriles is 1. The third-order valence-electron chi connectivity index (χ3n) is 3.68. The van der Waals surface area contributed by atoms with Gasteiger partial charge in [0.05, 0.1) is 0 Å². The highest BCUT2D eigenvalue weighted by Crippen LogP contribution is 2.20. The summed E-state index contributed by atoms with van der Waals surface area (Å²) < 4.78 is 0. The van der Waals surface area contributed by atoms with Gasteiger partial charge in [0, 0.05) is 24.5 Å². The zero-order valence-electron chi connectivity index (χ0n) is 12.9. The van der Waals surface area contributed by atoms with E-state index in [2.05, 4.69) is 21.3 Å². The SMILES string of the molecule is CC(C)(C)C(=O)NC1CCN(c2cccc(C#N)n2)CC1. The third kappa shape index (κ3) is 3.94. The van der Waals surface area contributed by atoms with Gasteiger partial charge in [-0.15, -0.1) is 0 Å². The van der Waals surface area contributed by atoms with Gasteiger partial charge < -0.3 is 10.2 Å². The molecule has 1 aliphatic rings. The number of nitrogens with zero attached hydrogens (tertiary/aromatic N) is 3. The Labute approximate surface area is 126 Å². The van der Waals surface area contributed by atoms with E-state index >= 15 is 0 Å². The fraction of sp³-hybridized carbons (Fsp3) is 0.562. The molecule has 112 valence electrons. The van der Waals surface area contributed by atoms with E-state index in [1.165, 1.54) is 0 Å². The lowest BCUT2D eigenvalue weighted by Crippen LogP contribution is -2.47. The molecule has 0 spiro atoms. The fourth-order valence-corrected chi connectivity index (χ4v) is 2.32. The highest BCUT2D eigenvalue weighted by atomic mass is 16.2. The Morgan fingerprint density at radius 1 is 1.38 bits per heavy atom. The van der Waals surface area contributed by atoms with Crippen LogP contribution in [0.2, 0.25) is 0 Å². The van der Waals surface area contributed by atoms with Gasteiger partial charge in [-0.25, -0.2) is 4.98 Å². The first-order chi connectivity index (χ1) is 9.90. The Morgan fingerprint density at radius 3 is 2.62 bits per heavy atom. The predicted octanol–water partition coefficient (Wildman–Crippen LogP) is 2.08. The number of carbonyl (C=O) groups excluding carboxylic acids is 1. The van der Waals surface area contributed by atoms with Gasteiger partial charge in [0.1, 0.15) is 17.6 Å². The van der Waals surface area contributed by atoms with Crippen molar-refractivity contribution >= 4 is 11.7 Å². The highest BCUT2D eigenvalue weighted by Gasteiger charge is 2.26. The number of anilines is 1. The van der Waals surface area contributed by atoms with Crippen LogP contribution in [0, 0.1) is 16.7 Å². The molecule has 1 amide bonds. The topological polar surface area (TPSA) is 69.0 Å². The van der Waals surface area contributed by atoms with Crippen LogP contribution in [0.25, 0.3) is 0 Å². The van der Waals surface area contributed by atoms with E-state index in [4.69, 9.17) is 5.26 Å². The van der Waals surface area contributed by atoms with Gasteiger partial charge in [0.25, 0.3) is 0 Å². The minimum absolute atomic E-state index is 0.102. The zero-order valence-corrected chi connectivity index (χ0v) is 12.9. The van der Waals surface area contributed by atoms with Crippen LogP contribution in [0.1, 0.15) is 39.3 Å². The van der Waals surface area contributed by atoms with Gasteiger partial charge in [-0.2, -0.15) is 5.26 Å². The molecule has 0 saturated carbocycles. The van der Waals surface area contributed by atoms with Gasteiger partial charge in [-0.05, 0) is 25.0 Å². The maximum atomic E-state index is 12.0. The molecule has 5 heteroatoms. The van der Waals surface area contributed by atoms with Crippen LogP contribution in [0.3, 0.4) is 0 Å². The van der Waals surface area contributed by atoms with E-state index in [1.807, 2.05) is 32.9 Å². The lowest BCUT2D eigenvalue weighted by atomic mass is 9.94. The lowest BCUT2D eigenvalue weighted by Gasteiger charge is -2.34. The lowest BCUT2D eigenvalue weighted by molar-refractivity contribution is -0.129. The van der Waals surface area contributed by atoms with Crippen molar-refractivity contribution in [3.63, 3.8) is 0 Å². The van der Waals surface area contributed by atoms with E-state index in [0.29, 0.717) is 5.69 Å². The largest absolute Gasteiger partial charge is 0.356 e. The van der Waals surface area contributed by atoms with E-state index in [0.717, 1.165) is 31.7 Å². The highest BCUT2D eigenvalue weighted by molar-refractivity contribution is 5.81. The Kier molecular flexibility index (Phi) is 4.46. The van der Waals surface area contributed by atoms with Crippen LogP contribution >= 0.6 is 0 Å². The minimum Gasteiger partial charge on any atom is -0.356 e. The summed E-state index contributed by atoms with van der Waals surface area (Å²) in [5, 5.41) is 12.0. The summed E-state index contributed by atoms with van der Waals surface area (Å²) in [6, 6.07) is 7.78. The number of rotatable bonds is 2. The molecule has 1 saturated heterocycles. The zero-order chi connectivity index (χ0) is 15.5. The molecule has 2 heterocycles. The molecule has 0 aromatic carbocycles. The van der Waals surface area contributed by atoms with E-state index < -0.39 is 0 Å². The van der Waals surface area contributed by atoms with Gasteiger partial charge in [-0.1, -0.05) is 26.8 Å². The Bertz CT molecular complexity index is 548. The smallest absolute Gasteiger partial charge is 0.225 e. The molecular formula is C16H22N4O. The average molecular weight is 286 g/mol. The summed E-state index contributed by atoms with van der Waals surface area (Å²) in [6.45, 7) is 7.46. The molecule has 0 bridgehead atoms. The monoisotopic (exact) mass is 286 g/mol. The fourth-order valence-electron chi connectivity index (χ4n) is 2.32. The quantitative estimate of drug-likeness (QED) is 0.903. The van der Waals surface area contributed by atoms with E-state index in [9.17, 15) is 4.79 Å². The van der Waals surface area contributed by atoms with Crippen molar-refractivity contribution in [2.75, 3.05) is 18.0 Å². The molecule has 1 N–H and O–H groups in total. The number of nitrogens with one attached hydrogen (secondary N) is 1. The maximum Gasteiger partial charge on any atom is 0.225 e. The standard InChI is InChI=1S/C16H22N4O/c1-16(2,3)15(21)19-12-7-9-20(10-8-12)14-6-4-5-13(11-17)18-14/h4-6,12H,7-10H2,1-3H3,(H,19,21). The van der Waals surface area contributed by atoms with Gasteiger partial charge in [0.2, 0.25) is 5.91 Å². The normalized spacial score (nSPS) is 16.4. The Morgan fingerprint density at radius 2 is 2.05 bits per heavy atom. The number of aromatic nitrogens is 1. The molecule has 0 aliphatic carbocycles. The summed E-state index contributed by atoms with van der Waals surface area (Å²) >= 11 is 0. The molecule has 0 radical (unpaired) electrons. The maximum absolute atomic E-state index is 12.0. The number of hydrogen-bond donors (Lipinski definition) is 1. The van der Waals surface area contributed by atoms with Crippen molar-refractivity contribution in [2.45, 2.75) is 39.7 Å². The number of carbonyl (C=O) groups is 1. The average Bonchev–Trinajstić information content (AvgIpc) is 2.47. The molecule has 1 aromatic rings. The first kappa shape index (κ1) is 15.3. The predicted molar refractivity (Wildman–Crippen MR) is 81.8 cm³/mol. The van der Waals surface area contributed by atoms with Crippen LogP contribution < -0.4 is 10.2 Å². The van der Waals surface area contributed by atoms with Crippen LogP contribution in [0.15, 0.2) is 18.2 Å². The van der Waals surface area contributed by atoms with Crippen LogP contribution in [-0.4, -0.2) is 30.0 Å². The van der Waals surface area contributed by atoms with E-state index in [-0.39, 0.29) is 17.4 Å². The van der Waals surface area contributed by atoms with Crippen molar-refractivity contribution in [1.82, 2.24) is 10.3 Å². The number of piperidine rings is 1. The molecule has 21 heavy (non-hydrogen) atoms. The second-order valence-electron chi connectivity index (χ2n) is 6.48. The van der Waals surface area contributed by atoms with Crippen LogP contribution in [-0.2, 0) is 4.79 Å². The van der Waals surface area contributed by atoms with Crippen molar-refractivity contribution in [2.24, 2.45) is 5.41 Å². The molecule has 2 rings (SSSR count). The molecule has 0 atom stereocenters. The van der Waals surface area contributed by atoms with Crippen molar-refractivity contribution in [3.05, 3.63) is 23.9 Å². The summed E-state index contributed by atoms with van der Waals surface area (Å²) in [7, 11) is 0. The molecular weight excluding hydrogens is 264 g/mol. The first-order valence-electron chi connectivity index (χ1n) is 7.33. The summed E-state index contributed by atoms with van der Waals surface area (Å²) in [4.78, 5) is 18.5. The third-order valence-corrected chi connectivity index (χ3v) is 3.68. The molecule has 1 aliphatic heterocycles. The summed E-state index contributed by atoms with van der Waals surface area (Å²) in [5.74, 6) is 0.945. The van der Waals surface area contributed by atoms with Crippen LogP contribution in [0.5, 0.6) is 0 Å². The van der Waals surface area contributed by atoms with Gasteiger partial charge in [-0.3, -0.25) is 4.79 Å². The van der Waals surface area contributed by atoms with E-state index in [1.54, 1.807) is 6.07 Å². The van der Waals surface area contributed by atoms with Gasteiger partial charge >= 0.3 is 0 Å². The molecule has 1 fully saturated rings. The van der Waals surface area contributed by atoms with Crippen LogP contribution in [0.4, 0.5) is 5.82 Å². The summed E-state index contributed by atoms with van der Waals surface area (Å²) in [6.07, 6.45) is 1.81. The molecule has 1 aromatic heterocycles. The molecule has 5 nitrogen and oxygen atoms in total. The second-order valence-corrected chi connectivity index (χ2v) is 6.48. The minimum atomic E-state index is -0.347. The summed E-state index contributed by atoms with van der Waals surface area (Å²) in [5.41, 5.74) is 0.0930. The Balaban J connectivity index is 1.91. The van der Waals surface area contributed by atoms with Crippen molar-refractivity contribution < 1.29 is 4.79 Å². The van der Waals surface area contributed by atoms with Crippen molar-refractivity contribution in [1.29, 1.82) is 5.26 Å². The number of hydrogen-bond acceptors (Lipinski definition) is 4. The van der Waals surface area contributed by atoms with Crippen molar-refractivity contribution in [3.8, 4) is 6.07 Å².